The van der Waals surface area contributed by atoms with Crippen molar-refractivity contribution in [3.05, 3.63) is 29.7 Å². The molecule has 86 valence electrons. The van der Waals surface area contributed by atoms with E-state index in [9.17, 15) is 0 Å². The minimum atomic E-state index is -0.104. The summed E-state index contributed by atoms with van der Waals surface area (Å²) in [5.74, 6) is 1.20. The summed E-state index contributed by atoms with van der Waals surface area (Å²) in [6, 6.07) is 5.88. The van der Waals surface area contributed by atoms with Crippen LogP contribution < -0.4 is 5.73 Å². The number of hydrogen-bond donors (Lipinski definition) is 1. The van der Waals surface area contributed by atoms with E-state index >= 15 is 0 Å². The summed E-state index contributed by atoms with van der Waals surface area (Å²) < 4.78 is 5.65. The van der Waals surface area contributed by atoms with Gasteiger partial charge in [-0.15, -0.1) is 0 Å². The van der Waals surface area contributed by atoms with Crippen molar-refractivity contribution in [3.63, 3.8) is 0 Å². The lowest BCUT2D eigenvalue weighted by atomic mass is 10.0. The number of aryl methyl sites for hydroxylation is 1. The molecule has 1 heterocycles. The second-order valence-corrected chi connectivity index (χ2v) is 4.76. The van der Waals surface area contributed by atoms with Gasteiger partial charge in [-0.25, -0.2) is 4.98 Å². The standard InChI is InChI=1S/C13H18N2O/c1-8(2)6-10(14)13-15-11-7-9(3)4-5-12(11)16-13/h4-5,7-8,10H,6,14H2,1-3H3. The molecule has 0 aliphatic heterocycles. The van der Waals surface area contributed by atoms with Gasteiger partial charge in [-0.3, -0.25) is 0 Å². The molecule has 3 nitrogen and oxygen atoms in total. The van der Waals surface area contributed by atoms with Gasteiger partial charge in [-0.2, -0.15) is 0 Å². The minimum Gasteiger partial charge on any atom is -0.439 e. The Morgan fingerprint density at radius 2 is 2.12 bits per heavy atom. The van der Waals surface area contributed by atoms with Crippen LogP contribution >= 0.6 is 0 Å². The predicted molar refractivity (Wildman–Crippen MR) is 65.1 cm³/mol. The van der Waals surface area contributed by atoms with Crippen molar-refractivity contribution in [2.75, 3.05) is 0 Å². The van der Waals surface area contributed by atoms with E-state index < -0.39 is 0 Å². The molecule has 0 saturated carbocycles. The normalized spacial score (nSPS) is 13.6. The maximum absolute atomic E-state index is 6.04. The maximum Gasteiger partial charge on any atom is 0.212 e. The molecule has 0 aliphatic rings. The molecule has 2 aromatic rings. The van der Waals surface area contributed by atoms with E-state index in [-0.39, 0.29) is 6.04 Å². The first kappa shape index (κ1) is 11.1. The lowest BCUT2D eigenvalue weighted by Crippen LogP contribution is -2.13. The van der Waals surface area contributed by atoms with Crippen molar-refractivity contribution in [3.8, 4) is 0 Å². The van der Waals surface area contributed by atoms with Crippen LogP contribution in [-0.4, -0.2) is 4.98 Å². The number of hydrogen-bond acceptors (Lipinski definition) is 3. The molecule has 0 amide bonds. The molecule has 2 N–H and O–H groups in total. The highest BCUT2D eigenvalue weighted by atomic mass is 16.3. The number of nitrogens with two attached hydrogens (primary N) is 1. The van der Waals surface area contributed by atoms with E-state index in [1.165, 1.54) is 5.56 Å². The fourth-order valence-electron chi connectivity index (χ4n) is 1.82. The van der Waals surface area contributed by atoms with Crippen LogP contribution in [-0.2, 0) is 0 Å². The van der Waals surface area contributed by atoms with Crippen molar-refractivity contribution in [1.29, 1.82) is 0 Å². The lowest BCUT2D eigenvalue weighted by molar-refractivity contribution is 0.417. The summed E-state index contributed by atoms with van der Waals surface area (Å²) in [5, 5.41) is 0. The van der Waals surface area contributed by atoms with Crippen LogP contribution in [0.2, 0.25) is 0 Å². The van der Waals surface area contributed by atoms with Crippen LogP contribution in [0.15, 0.2) is 22.6 Å². The molecule has 1 unspecified atom stereocenters. The Kier molecular flexibility index (Phi) is 2.97. The number of oxazole rings is 1. The van der Waals surface area contributed by atoms with Gasteiger partial charge in [0.25, 0.3) is 0 Å². The second-order valence-electron chi connectivity index (χ2n) is 4.76. The second kappa shape index (κ2) is 4.26. The first-order chi connectivity index (χ1) is 7.56. The first-order valence-corrected chi connectivity index (χ1v) is 5.69. The van der Waals surface area contributed by atoms with Crippen LogP contribution in [0.1, 0.15) is 37.8 Å². The molecule has 0 saturated heterocycles. The summed E-state index contributed by atoms with van der Waals surface area (Å²) >= 11 is 0. The summed E-state index contributed by atoms with van der Waals surface area (Å²) in [4.78, 5) is 4.43. The number of nitrogens with zero attached hydrogens (tertiary/aromatic N) is 1. The van der Waals surface area contributed by atoms with Gasteiger partial charge in [0, 0.05) is 0 Å². The summed E-state index contributed by atoms with van der Waals surface area (Å²) in [6.45, 7) is 6.33. The van der Waals surface area contributed by atoms with Gasteiger partial charge in [0.1, 0.15) is 5.52 Å². The molecule has 0 bridgehead atoms. The Morgan fingerprint density at radius 1 is 1.38 bits per heavy atom. The molecule has 16 heavy (non-hydrogen) atoms. The van der Waals surface area contributed by atoms with Gasteiger partial charge < -0.3 is 10.2 Å². The summed E-state index contributed by atoms with van der Waals surface area (Å²) in [6.07, 6.45) is 0.895. The third kappa shape index (κ3) is 2.25. The van der Waals surface area contributed by atoms with Gasteiger partial charge in [-0.05, 0) is 37.0 Å². The molecule has 2 rings (SSSR count). The molecule has 1 aromatic heterocycles. The molecular formula is C13H18N2O. The third-order valence-electron chi connectivity index (χ3n) is 2.60. The maximum atomic E-state index is 6.04. The molecule has 1 aromatic carbocycles. The summed E-state index contributed by atoms with van der Waals surface area (Å²) in [5.41, 5.74) is 8.94. The zero-order valence-corrected chi connectivity index (χ0v) is 10.0. The Balaban J connectivity index is 2.32. The number of fused-ring (bicyclic) bond motifs is 1. The van der Waals surface area contributed by atoms with Crippen molar-refractivity contribution >= 4 is 11.1 Å². The van der Waals surface area contributed by atoms with Crippen LogP contribution in [0.4, 0.5) is 0 Å². The van der Waals surface area contributed by atoms with E-state index in [2.05, 4.69) is 18.8 Å². The minimum absolute atomic E-state index is 0.104. The largest absolute Gasteiger partial charge is 0.439 e. The quantitative estimate of drug-likeness (QED) is 0.860. The van der Waals surface area contributed by atoms with Crippen molar-refractivity contribution in [2.24, 2.45) is 11.7 Å². The average Bonchev–Trinajstić information content (AvgIpc) is 2.59. The van der Waals surface area contributed by atoms with Crippen molar-refractivity contribution < 1.29 is 4.42 Å². The van der Waals surface area contributed by atoms with E-state index in [4.69, 9.17) is 10.2 Å². The Labute approximate surface area is 95.7 Å². The predicted octanol–water partition coefficient (Wildman–Crippen LogP) is 3.18. The van der Waals surface area contributed by atoms with Crippen molar-refractivity contribution in [2.45, 2.75) is 33.2 Å². The molecule has 0 radical (unpaired) electrons. The van der Waals surface area contributed by atoms with E-state index in [1.807, 2.05) is 25.1 Å². The van der Waals surface area contributed by atoms with Crippen LogP contribution in [0.5, 0.6) is 0 Å². The summed E-state index contributed by atoms with van der Waals surface area (Å²) in [7, 11) is 0. The Hall–Kier alpha value is -1.35. The molecule has 3 heteroatoms. The SMILES string of the molecule is Cc1ccc2oc(C(N)CC(C)C)nc2c1. The molecule has 0 aliphatic carbocycles. The monoisotopic (exact) mass is 218 g/mol. The number of aromatic nitrogens is 1. The van der Waals surface area contributed by atoms with E-state index in [1.54, 1.807) is 0 Å². The Bertz CT molecular complexity index is 488. The molecule has 0 fully saturated rings. The number of rotatable bonds is 3. The fourth-order valence-corrected chi connectivity index (χ4v) is 1.82. The zero-order valence-electron chi connectivity index (χ0n) is 10.0. The fraction of sp³-hybridized carbons (Fsp3) is 0.462. The molecule has 1 atom stereocenters. The van der Waals surface area contributed by atoms with E-state index in [0.29, 0.717) is 11.8 Å². The topological polar surface area (TPSA) is 52.0 Å². The third-order valence-corrected chi connectivity index (χ3v) is 2.60. The highest BCUT2D eigenvalue weighted by molar-refractivity contribution is 5.73. The highest BCUT2D eigenvalue weighted by Crippen LogP contribution is 2.23. The lowest BCUT2D eigenvalue weighted by Gasteiger charge is -2.09. The van der Waals surface area contributed by atoms with Crippen molar-refractivity contribution in [1.82, 2.24) is 4.98 Å². The van der Waals surface area contributed by atoms with Gasteiger partial charge in [0.15, 0.2) is 5.58 Å². The van der Waals surface area contributed by atoms with Crippen LogP contribution in [0.25, 0.3) is 11.1 Å². The van der Waals surface area contributed by atoms with Gasteiger partial charge in [-0.1, -0.05) is 19.9 Å². The van der Waals surface area contributed by atoms with Crippen LogP contribution in [0.3, 0.4) is 0 Å². The molecular weight excluding hydrogens is 200 g/mol. The van der Waals surface area contributed by atoms with Gasteiger partial charge in [0.05, 0.1) is 6.04 Å². The first-order valence-electron chi connectivity index (χ1n) is 5.69. The van der Waals surface area contributed by atoms with Gasteiger partial charge in [0.2, 0.25) is 5.89 Å². The zero-order chi connectivity index (χ0) is 11.7. The average molecular weight is 218 g/mol. The highest BCUT2D eigenvalue weighted by Gasteiger charge is 2.15. The molecule has 0 spiro atoms. The Morgan fingerprint density at radius 3 is 2.81 bits per heavy atom. The number of benzene rings is 1. The smallest absolute Gasteiger partial charge is 0.212 e. The van der Waals surface area contributed by atoms with E-state index in [0.717, 1.165) is 17.5 Å². The van der Waals surface area contributed by atoms with Gasteiger partial charge >= 0.3 is 0 Å². The van der Waals surface area contributed by atoms with Crippen LogP contribution in [0, 0.1) is 12.8 Å².